The molecular weight excluding hydrogens is 254 g/mol. The van der Waals surface area contributed by atoms with Gasteiger partial charge in [0, 0.05) is 12.5 Å². The average Bonchev–Trinajstić information content (AvgIpc) is 2.44. The maximum Gasteiger partial charge on any atom is 0.305 e. The fourth-order valence-electron chi connectivity index (χ4n) is 2.03. The second-order valence-corrected chi connectivity index (χ2v) is 4.83. The summed E-state index contributed by atoms with van der Waals surface area (Å²) >= 11 is 0. The molecule has 1 atom stereocenters. The van der Waals surface area contributed by atoms with Crippen LogP contribution in [0.15, 0.2) is 18.2 Å². The van der Waals surface area contributed by atoms with Crippen LogP contribution in [0.4, 0.5) is 0 Å². The van der Waals surface area contributed by atoms with E-state index in [2.05, 4.69) is 36.0 Å². The van der Waals surface area contributed by atoms with Crippen LogP contribution in [0.1, 0.15) is 43.9 Å². The molecule has 0 amide bonds. The molecule has 0 saturated heterocycles. The normalized spacial score (nSPS) is 12.0. The Bertz CT molecular complexity index is 432. The summed E-state index contributed by atoms with van der Waals surface area (Å²) in [4.78, 5) is 11.0. The average molecular weight is 279 g/mol. The number of hydrogen-bond donors (Lipinski definition) is 1. The zero-order valence-electron chi connectivity index (χ0n) is 12.9. The van der Waals surface area contributed by atoms with Gasteiger partial charge in [-0.1, -0.05) is 19.1 Å². The van der Waals surface area contributed by atoms with Crippen LogP contribution in [0.2, 0.25) is 0 Å². The summed E-state index contributed by atoms with van der Waals surface area (Å²) in [7, 11) is 1.40. The lowest BCUT2D eigenvalue weighted by molar-refractivity contribution is -0.140. The smallest absolute Gasteiger partial charge is 0.305 e. The molecule has 0 aliphatic rings. The summed E-state index contributed by atoms with van der Waals surface area (Å²) in [6.07, 6.45) is 1.06. The zero-order valence-corrected chi connectivity index (χ0v) is 12.9. The molecule has 0 saturated carbocycles. The molecule has 0 bridgehead atoms. The molecular formula is C16H25NO3. The van der Waals surface area contributed by atoms with Gasteiger partial charge >= 0.3 is 5.97 Å². The highest BCUT2D eigenvalue weighted by atomic mass is 16.5. The topological polar surface area (TPSA) is 47.6 Å². The van der Waals surface area contributed by atoms with Crippen LogP contribution in [0.25, 0.3) is 0 Å². The molecule has 1 aromatic carbocycles. The fraction of sp³-hybridized carbons (Fsp3) is 0.562. The van der Waals surface area contributed by atoms with Crippen molar-refractivity contribution in [3.8, 4) is 5.75 Å². The van der Waals surface area contributed by atoms with Gasteiger partial charge in [0.05, 0.1) is 13.7 Å². The Morgan fingerprint density at radius 3 is 2.75 bits per heavy atom. The van der Waals surface area contributed by atoms with E-state index in [1.54, 1.807) is 0 Å². The summed E-state index contributed by atoms with van der Waals surface area (Å²) in [5, 5.41) is 3.39. The molecule has 112 valence electrons. The minimum Gasteiger partial charge on any atom is -0.493 e. The molecule has 1 unspecified atom stereocenters. The first-order valence-electron chi connectivity index (χ1n) is 7.12. The van der Waals surface area contributed by atoms with Gasteiger partial charge in [0.15, 0.2) is 0 Å². The number of aryl methyl sites for hydroxylation is 1. The van der Waals surface area contributed by atoms with Gasteiger partial charge in [0.2, 0.25) is 0 Å². The SMILES string of the molecule is CCNC(C)c1ccc(OCCCC(=O)OC)c(C)c1. The predicted molar refractivity (Wildman–Crippen MR) is 80.0 cm³/mol. The van der Waals surface area contributed by atoms with E-state index in [4.69, 9.17) is 4.74 Å². The molecule has 0 radical (unpaired) electrons. The van der Waals surface area contributed by atoms with Crippen LogP contribution < -0.4 is 10.1 Å². The van der Waals surface area contributed by atoms with E-state index in [1.165, 1.54) is 12.7 Å². The number of carbonyl (C=O) groups excluding carboxylic acids is 1. The molecule has 0 fully saturated rings. The van der Waals surface area contributed by atoms with E-state index in [-0.39, 0.29) is 5.97 Å². The van der Waals surface area contributed by atoms with Gasteiger partial charge in [-0.15, -0.1) is 0 Å². The Morgan fingerprint density at radius 2 is 2.15 bits per heavy atom. The fourth-order valence-corrected chi connectivity index (χ4v) is 2.03. The van der Waals surface area contributed by atoms with Gasteiger partial charge in [-0.05, 0) is 44.0 Å². The number of methoxy groups -OCH3 is 1. The van der Waals surface area contributed by atoms with Crippen LogP contribution in [-0.4, -0.2) is 26.2 Å². The van der Waals surface area contributed by atoms with E-state index < -0.39 is 0 Å². The number of carbonyl (C=O) groups is 1. The standard InChI is InChI=1S/C16H25NO3/c1-5-17-13(3)14-8-9-15(12(2)11-14)20-10-6-7-16(18)19-4/h8-9,11,13,17H,5-7,10H2,1-4H3. The number of nitrogens with one attached hydrogen (secondary N) is 1. The van der Waals surface area contributed by atoms with E-state index in [0.29, 0.717) is 25.5 Å². The van der Waals surface area contributed by atoms with Crippen molar-refractivity contribution in [3.05, 3.63) is 29.3 Å². The number of rotatable bonds is 8. The summed E-state index contributed by atoms with van der Waals surface area (Å²) in [5.74, 6) is 0.683. The van der Waals surface area contributed by atoms with Gasteiger partial charge in [0.25, 0.3) is 0 Å². The molecule has 20 heavy (non-hydrogen) atoms. The van der Waals surface area contributed by atoms with Crippen LogP contribution in [-0.2, 0) is 9.53 Å². The van der Waals surface area contributed by atoms with Gasteiger partial charge in [-0.25, -0.2) is 0 Å². The third-order valence-corrected chi connectivity index (χ3v) is 3.22. The minimum atomic E-state index is -0.194. The third kappa shape index (κ3) is 5.21. The molecule has 1 N–H and O–H groups in total. The van der Waals surface area contributed by atoms with Crippen LogP contribution in [0, 0.1) is 6.92 Å². The second kappa shape index (κ2) is 8.59. The molecule has 1 rings (SSSR count). The number of benzene rings is 1. The van der Waals surface area contributed by atoms with Gasteiger partial charge in [-0.2, -0.15) is 0 Å². The van der Waals surface area contributed by atoms with Crippen molar-refractivity contribution in [3.63, 3.8) is 0 Å². The molecule has 4 heteroatoms. The van der Waals surface area contributed by atoms with Crippen LogP contribution in [0.5, 0.6) is 5.75 Å². The van der Waals surface area contributed by atoms with Crippen molar-refractivity contribution >= 4 is 5.97 Å². The Morgan fingerprint density at radius 1 is 1.40 bits per heavy atom. The molecule has 1 aromatic rings. The largest absolute Gasteiger partial charge is 0.493 e. The molecule has 4 nitrogen and oxygen atoms in total. The Hall–Kier alpha value is -1.55. The Kier molecular flexibility index (Phi) is 7.09. The summed E-state index contributed by atoms with van der Waals surface area (Å²) in [6.45, 7) is 7.76. The van der Waals surface area contributed by atoms with Crippen molar-refractivity contribution in [2.75, 3.05) is 20.3 Å². The number of ether oxygens (including phenoxy) is 2. The Labute approximate surface area is 121 Å². The van der Waals surface area contributed by atoms with Crippen LogP contribution >= 0.6 is 0 Å². The number of hydrogen-bond acceptors (Lipinski definition) is 4. The highest BCUT2D eigenvalue weighted by Crippen LogP contribution is 2.23. The lowest BCUT2D eigenvalue weighted by atomic mass is 10.1. The molecule has 0 aromatic heterocycles. The van der Waals surface area contributed by atoms with E-state index >= 15 is 0 Å². The van der Waals surface area contributed by atoms with Crippen molar-refractivity contribution in [2.24, 2.45) is 0 Å². The maximum atomic E-state index is 11.0. The van der Waals surface area contributed by atoms with Crippen molar-refractivity contribution in [1.82, 2.24) is 5.32 Å². The summed E-state index contributed by atoms with van der Waals surface area (Å²) < 4.78 is 10.3. The monoisotopic (exact) mass is 279 g/mol. The Balaban J connectivity index is 2.49. The molecule has 0 aliphatic heterocycles. The first-order chi connectivity index (χ1) is 9.58. The molecule has 0 aliphatic carbocycles. The van der Waals surface area contributed by atoms with E-state index in [1.807, 2.05) is 13.0 Å². The summed E-state index contributed by atoms with van der Waals surface area (Å²) in [5.41, 5.74) is 2.37. The highest BCUT2D eigenvalue weighted by molar-refractivity contribution is 5.69. The van der Waals surface area contributed by atoms with Crippen molar-refractivity contribution in [2.45, 2.75) is 39.7 Å². The van der Waals surface area contributed by atoms with Crippen LogP contribution in [0.3, 0.4) is 0 Å². The first kappa shape index (κ1) is 16.5. The second-order valence-electron chi connectivity index (χ2n) is 4.83. The highest BCUT2D eigenvalue weighted by Gasteiger charge is 2.07. The summed E-state index contributed by atoms with van der Waals surface area (Å²) in [6, 6.07) is 6.56. The van der Waals surface area contributed by atoms with Gasteiger partial charge in [-0.3, -0.25) is 4.79 Å². The lowest BCUT2D eigenvalue weighted by Gasteiger charge is -2.15. The molecule has 0 heterocycles. The quantitative estimate of drug-likeness (QED) is 0.587. The lowest BCUT2D eigenvalue weighted by Crippen LogP contribution is -2.17. The third-order valence-electron chi connectivity index (χ3n) is 3.22. The zero-order chi connectivity index (χ0) is 15.0. The maximum absolute atomic E-state index is 11.0. The van der Waals surface area contributed by atoms with Gasteiger partial charge in [0.1, 0.15) is 5.75 Å². The van der Waals surface area contributed by atoms with Crippen molar-refractivity contribution < 1.29 is 14.3 Å². The minimum absolute atomic E-state index is 0.194. The number of esters is 1. The first-order valence-corrected chi connectivity index (χ1v) is 7.12. The van der Waals surface area contributed by atoms with Gasteiger partial charge < -0.3 is 14.8 Å². The molecule has 0 spiro atoms. The van der Waals surface area contributed by atoms with E-state index in [0.717, 1.165) is 17.9 Å². The van der Waals surface area contributed by atoms with Crippen molar-refractivity contribution in [1.29, 1.82) is 0 Å². The van der Waals surface area contributed by atoms with E-state index in [9.17, 15) is 4.79 Å². The predicted octanol–water partition coefficient (Wildman–Crippen LogP) is 3.00.